The van der Waals surface area contributed by atoms with Crippen molar-refractivity contribution < 1.29 is 24.1 Å². The third-order valence-corrected chi connectivity index (χ3v) is 7.19. The SMILES string of the molecule is COc1ccc(N=c2scc(-c3cc(OC)c(OC)c(OC)c3)n2N=Cc2cc(Br)cc(Br)c2O)cc1. The molecule has 0 bridgehead atoms. The molecule has 1 N–H and O–H groups in total. The van der Waals surface area contributed by atoms with Crippen LogP contribution in [0, 0.1) is 0 Å². The van der Waals surface area contributed by atoms with E-state index in [1.807, 2.05) is 41.8 Å². The molecule has 11 heteroatoms. The fourth-order valence-electron chi connectivity index (χ4n) is 3.49. The Morgan fingerprint density at radius 3 is 2.16 bits per heavy atom. The van der Waals surface area contributed by atoms with Gasteiger partial charge in [-0.3, -0.25) is 0 Å². The first-order chi connectivity index (χ1) is 17.9. The van der Waals surface area contributed by atoms with Gasteiger partial charge in [-0.25, -0.2) is 9.67 Å². The molecule has 4 rings (SSSR count). The van der Waals surface area contributed by atoms with Gasteiger partial charge in [0.05, 0.1) is 50.5 Å². The van der Waals surface area contributed by atoms with Crippen molar-refractivity contribution in [1.82, 2.24) is 4.68 Å². The van der Waals surface area contributed by atoms with Crippen molar-refractivity contribution in [2.45, 2.75) is 0 Å². The van der Waals surface area contributed by atoms with Crippen LogP contribution in [-0.4, -0.2) is 44.4 Å². The number of ether oxygens (including phenoxy) is 4. The topological polar surface area (TPSA) is 86.8 Å². The number of aromatic hydroxyl groups is 1. The highest BCUT2D eigenvalue weighted by Crippen LogP contribution is 2.41. The first-order valence-electron chi connectivity index (χ1n) is 10.8. The molecule has 0 saturated carbocycles. The smallest absolute Gasteiger partial charge is 0.211 e. The van der Waals surface area contributed by atoms with Crippen LogP contribution in [0.4, 0.5) is 5.69 Å². The minimum absolute atomic E-state index is 0.0748. The van der Waals surface area contributed by atoms with Crippen LogP contribution >= 0.6 is 43.2 Å². The maximum absolute atomic E-state index is 10.5. The highest BCUT2D eigenvalue weighted by atomic mass is 79.9. The fourth-order valence-corrected chi connectivity index (χ4v) is 5.60. The van der Waals surface area contributed by atoms with Crippen LogP contribution in [0.1, 0.15) is 5.56 Å². The largest absolute Gasteiger partial charge is 0.506 e. The average Bonchev–Trinajstić information content (AvgIpc) is 3.31. The normalized spacial score (nSPS) is 11.7. The number of hydrogen-bond acceptors (Lipinski definition) is 8. The summed E-state index contributed by atoms with van der Waals surface area (Å²) in [6.07, 6.45) is 1.58. The molecule has 0 spiro atoms. The first-order valence-corrected chi connectivity index (χ1v) is 13.3. The van der Waals surface area contributed by atoms with E-state index in [9.17, 15) is 5.11 Å². The lowest BCUT2D eigenvalue weighted by molar-refractivity contribution is 0.324. The monoisotopic (exact) mass is 647 g/mol. The van der Waals surface area contributed by atoms with Crippen molar-refractivity contribution in [1.29, 1.82) is 0 Å². The fraction of sp³-hybridized carbons (Fsp3) is 0.154. The summed E-state index contributed by atoms with van der Waals surface area (Å²) in [5.41, 5.74) is 2.77. The lowest BCUT2D eigenvalue weighted by Crippen LogP contribution is -2.11. The molecule has 1 aromatic heterocycles. The van der Waals surface area contributed by atoms with Crippen LogP contribution < -0.4 is 23.7 Å². The molecule has 1 heterocycles. The van der Waals surface area contributed by atoms with Crippen molar-refractivity contribution in [3.8, 4) is 40.0 Å². The number of phenols is 1. The molecule has 0 aliphatic rings. The zero-order valence-corrected chi connectivity index (χ0v) is 24.3. The molecule has 0 aliphatic carbocycles. The molecule has 0 amide bonds. The van der Waals surface area contributed by atoms with E-state index in [0.717, 1.165) is 27.2 Å². The molecule has 3 aromatic carbocycles. The predicted molar refractivity (Wildman–Crippen MR) is 152 cm³/mol. The van der Waals surface area contributed by atoms with E-state index in [2.05, 4.69) is 31.9 Å². The Kier molecular flexibility index (Phi) is 8.57. The van der Waals surface area contributed by atoms with Crippen LogP contribution in [-0.2, 0) is 0 Å². The number of halogens is 2. The zero-order valence-electron chi connectivity index (χ0n) is 20.4. The zero-order chi connectivity index (χ0) is 26.5. The summed E-state index contributed by atoms with van der Waals surface area (Å²) < 4.78 is 24.9. The van der Waals surface area contributed by atoms with Crippen LogP contribution in [0.2, 0.25) is 0 Å². The minimum atomic E-state index is 0.0748. The number of rotatable bonds is 8. The first kappa shape index (κ1) is 26.8. The van der Waals surface area contributed by atoms with Gasteiger partial charge in [0.15, 0.2) is 11.5 Å². The Bertz CT molecular complexity index is 1490. The van der Waals surface area contributed by atoms with E-state index < -0.39 is 0 Å². The minimum Gasteiger partial charge on any atom is -0.506 e. The van der Waals surface area contributed by atoms with Gasteiger partial charge in [-0.2, -0.15) is 5.10 Å². The highest BCUT2D eigenvalue weighted by Gasteiger charge is 2.17. The van der Waals surface area contributed by atoms with Crippen LogP contribution in [0.3, 0.4) is 0 Å². The van der Waals surface area contributed by atoms with Gasteiger partial charge in [-0.05, 0) is 64.5 Å². The molecule has 37 heavy (non-hydrogen) atoms. The van der Waals surface area contributed by atoms with Crippen LogP contribution in [0.25, 0.3) is 11.3 Å². The van der Waals surface area contributed by atoms with E-state index in [-0.39, 0.29) is 5.75 Å². The predicted octanol–water partition coefficient (Wildman–Crippen LogP) is 6.60. The summed E-state index contributed by atoms with van der Waals surface area (Å²) in [4.78, 5) is 5.41. The Balaban J connectivity index is 1.92. The molecule has 8 nitrogen and oxygen atoms in total. The second kappa shape index (κ2) is 11.8. The lowest BCUT2D eigenvalue weighted by atomic mass is 10.1. The molecule has 0 aliphatic heterocycles. The van der Waals surface area contributed by atoms with Gasteiger partial charge in [-0.15, -0.1) is 11.3 Å². The van der Waals surface area contributed by atoms with Crippen molar-refractivity contribution in [2.75, 3.05) is 28.4 Å². The summed E-state index contributed by atoms with van der Waals surface area (Å²) in [7, 11) is 6.31. The standard InChI is InChI=1S/C26H23Br2N3O5S/c1-33-19-7-5-18(6-8-19)30-26-31(29-13-16-9-17(27)12-20(28)24(16)32)21(14-37-26)15-10-22(34-2)25(36-4)23(11-15)35-3/h5-14,32H,1-4H3. The molecule has 0 saturated heterocycles. The highest BCUT2D eigenvalue weighted by molar-refractivity contribution is 9.11. The van der Waals surface area contributed by atoms with Gasteiger partial charge in [0.1, 0.15) is 11.5 Å². The molecule has 0 radical (unpaired) electrons. The maximum Gasteiger partial charge on any atom is 0.211 e. The van der Waals surface area contributed by atoms with E-state index in [1.54, 1.807) is 51.5 Å². The van der Waals surface area contributed by atoms with Gasteiger partial charge in [0.2, 0.25) is 10.6 Å². The van der Waals surface area contributed by atoms with Crippen LogP contribution in [0.5, 0.6) is 28.7 Å². The second-order valence-electron chi connectivity index (χ2n) is 7.51. The number of nitrogens with zero attached hydrogens (tertiary/aromatic N) is 3. The van der Waals surface area contributed by atoms with E-state index in [1.165, 1.54) is 11.3 Å². The van der Waals surface area contributed by atoms with E-state index in [0.29, 0.717) is 32.1 Å². The maximum atomic E-state index is 10.5. The molecular formula is C26H23Br2N3O5S. The van der Waals surface area contributed by atoms with Gasteiger partial charge in [0, 0.05) is 21.0 Å². The number of thiazole rings is 1. The van der Waals surface area contributed by atoms with E-state index in [4.69, 9.17) is 29.0 Å². The number of methoxy groups -OCH3 is 4. The second-order valence-corrected chi connectivity index (χ2v) is 10.1. The van der Waals surface area contributed by atoms with Gasteiger partial charge >= 0.3 is 0 Å². The molecule has 0 fully saturated rings. The van der Waals surface area contributed by atoms with Crippen LogP contribution in [0.15, 0.2) is 73.0 Å². The quantitative estimate of drug-likeness (QED) is 0.218. The summed E-state index contributed by atoms with van der Waals surface area (Å²) >= 11 is 8.24. The number of benzene rings is 3. The van der Waals surface area contributed by atoms with Gasteiger partial charge in [0.25, 0.3) is 0 Å². The molecule has 0 unspecified atom stereocenters. The van der Waals surface area contributed by atoms with Crippen molar-refractivity contribution in [2.24, 2.45) is 10.1 Å². The lowest BCUT2D eigenvalue weighted by Gasteiger charge is -2.14. The number of phenolic OH excluding ortho intramolecular Hbond substituents is 1. The average molecular weight is 649 g/mol. The third-order valence-electron chi connectivity index (χ3n) is 5.31. The molecule has 192 valence electrons. The number of hydrogen-bond donors (Lipinski definition) is 1. The van der Waals surface area contributed by atoms with Gasteiger partial charge < -0.3 is 24.1 Å². The Morgan fingerprint density at radius 1 is 0.892 bits per heavy atom. The molecule has 0 atom stereocenters. The van der Waals surface area contributed by atoms with Crippen molar-refractivity contribution in [3.63, 3.8) is 0 Å². The summed E-state index contributed by atoms with van der Waals surface area (Å²) in [5, 5.41) is 17.2. The summed E-state index contributed by atoms with van der Waals surface area (Å²) in [6.45, 7) is 0. The molecular weight excluding hydrogens is 626 g/mol. The molecule has 4 aromatic rings. The summed E-state index contributed by atoms with van der Waals surface area (Å²) in [6, 6.07) is 14.6. The summed E-state index contributed by atoms with van der Waals surface area (Å²) in [5.74, 6) is 2.34. The van der Waals surface area contributed by atoms with E-state index >= 15 is 0 Å². The number of aromatic nitrogens is 1. The Labute approximate surface area is 234 Å². The third kappa shape index (κ3) is 5.84. The van der Waals surface area contributed by atoms with Crippen molar-refractivity contribution >= 4 is 55.1 Å². The van der Waals surface area contributed by atoms with Crippen molar-refractivity contribution in [3.05, 3.63) is 73.2 Å². The Hall–Kier alpha value is -3.28. The Morgan fingerprint density at radius 2 is 1.57 bits per heavy atom. The van der Waals surface area contributed by atoms with Gasteiger partial charge in [-0.1, -0.05) is 15.9 Å².